The summed E-state index contributed by atoms with van der Waals surface area (Å²) in [6.07, 6.45) is 0.804. The number of amides is 2. The first-order chi connectivity index (χ1) is 9.19. The van der Waals surface area contributed by atoms with Gasteiger partial charge in [-0.2, -0.15) is 0 Å². The summed E-state index contributed by atoms with van der Waals surface area (Å²) >= 11 is 0. The molecule has 5 nitrogen and oxygen atoms in total. The third-order valence-corrected chi connectivity index (χ3v) is 3.10. The van der Waals surface area contributed by atoms with Crippen molar-refractivity contribution in [3.05, 3.63) is 30.1 Å². The van der Waals surface area contributed by atoms with Gasteiger partial charge in [-0.15, -0.1) is 0 Å². The minimum atomic E-state index is -0.304. The van der Waals surface area contributed by atoms with Gasteiger partial charge in [0.1, 0.15) is 5.82 Å². The van der Waals surface area contributed by atoms with Crippen molar-refractivity contribution < 1.29 is 14.0 Å². The molecule has 0 atom stereocenters. The summed E-state index contributed by atoms with van der Waals surface area (Å²) in [7, 11) is 0. The van der Waals surface area contributed by atoms with E-state index in [0.717, 1.165) is 6.41 Å². The average Bonchev–Trinajstić information content (AvgIpc) is 2.46. The molecule has 2 amide bonds. The predicted octanol–water partition coefficient (Wildman–Crippen LogP) is 0.538. The van der Waals surface area contributed by atoms with Gasteiger partial charge in [-0.3, -0.25) is 9.59 Å². The first-order valence-electron chi connectivity index (χ1n) is 6.15. The van der Waals surface area contributed by atoms with Crippen LogP contribution in [0.25, 0.3) is 0 Å². The molecule has 1 N–H and O–H groups in total. The summed E-state index contributed by atoms with van der Waals surface area (Å²) in [5, 5.41) is 2.95. The van der Waals surface area contributed by atoms with Crippen LogP contribution in [0.5, 0.6) is 0 Å². The van der Waals surface area contributed by atoms with E-state index in [0.29, 0.717) is 31.9 Å². The normalized spacial score (nSPS) is 15.2. The topological polar surface area (TPSA) is 52.7 Å². The molecule has 0 saturated carbocycles. The van der Waals surface area contributed by atoms with Crippen LogP contribution >= 0.6 is 0 Å². The van der Waals surface area contributed by atoms with Gasteiger partial charge < -0.3 is 15.1 Å². The van der Waals surface area contributed by atoms with E-state index in [4.69, 9.17) is 0 Å². The van der Waals surface area contributed by atoms with Crippen molar-refractivity contribution in [2.75, 3.05) is 38.0 Å². The van der Waals surface area contributed by atoms with Crippen molar-refractivity contribution in [3.63, 3.8) is 0 Å². The monoisotopic (exact) mass is 265 g/mol. The highest BCUT2D eigenvalue weighted by Gasteiger charge is 2.19. The van der Waals surface area contributed by atoms with Gasteiger partial charge in [0.15, 0.2) is 0 Å². The van der Waals surface area contributed by atoms with Crippen LogP contribution in [0.1, 0.15) is 0 Å². The summed E-state index contributed by atoms with van der Waals surface area (Å²) in [4.78, 5) is 25.8. The maximum Gasteiger partial charge on any atom is 0.241 e. The van der Waals surface area contributed by atoms with Crippen LogP contribution in [-0.2, 0) is 9.59 Å². The Hall–Kier alpha value is -2.11. The van der Waals surface area contributed by atoms with Crippen molar-refractivity contribution >= 4 is 18.0 Å². The maximum absolute atomic E-state index is 12.7. The number of hydrogen-bond donors (Lipinski definition) is 1. The van der Waals surface area contributed by atoms with Crippen LogP contribution < -0.4 is 5.32 Å². The zero-order valence-electron chi connectivity index (χ0n) is 10.5. The van der Waals surface area contributed by atoms with Gasteiger partial charge in [0.2, 0.25) is 12.3 Å². The van der Waals surface area contributed by atoms with Crippen LogP contribution in [0.2, 0.25) is 0 Å². The lowest BCUT2D eigenvalue weighted by molar-refractivity contribution is -0.133. The third-order valence-electron chi connectivity index (χ3n) is 3.10. The second kappa shape index (κ2) is 6.17. The van der Waals surface area contributed by atoms with E-state index >= 15 is 0 Å². The molecule has 1 aliphatic heterocycles. The smallest absolute Gasteiger partial charge is 0.241 e. The van der Waals surface area contributed by atoms with Crippen molar-refractivity contribution in [2.24, 2.45) is 0 Å². The van der Waals surface area contributed by atoms with Crippen molar-refractivity contribution in [1.29, 1.82) is 0 Å². The fourth-order valence-electron chi connectivity index (χ4n) is 1.93. The van der Waals surface area contributed by atoms with Gasteiger partial charge in [0.25, 0.3) is 0 Å². The molecule has 6 heteroatoms. The van der Waals surface area contributed by atoms with E-state index in [1.54, 1.807) is 21.9 Å². The SMILES string of the molecule is O=CN1CCN(C(=O)CNc2ccc(F)cc2)CC1. The second-order valence-electron chi connectivity index (χ2n) is 4.38. The van der Waals surface area contributed by atoms with E-state index in [1.165, 1.54) is 12.1 Å². The quantitative estimate of drug-likeness (QED) is 0.808. The van der Waals surface area contributed by atoms with E-state index in [9.17, 15) is 14.0 Å². The lowest BCUT2D eigenvalue weighted by atomic mass is 10.3. The van der Waals surface area contributed by atoms with E-state index in [1.807, 2.05) is 0 Å². The number of benzene rings is 1. The Bertz CT molecular complexity index is 442. The highest BCUT2D eigenvalue weighted by Crippen LogP contribution is 2.08. The van der Waals surface area contributed by atoms with Crippen LogP contribution in [0.4, 0.5) is 10.1 Å². The molecule has 1 aromatic carbocycles. The number of hydrogen-bond acceptors (Lipinski definition) is 3. The molecule has 1 aliphatic rings. The molecule has 102 valence electrons. The number of nitrogens with one attached hydrogen (secondary N) is 1. The summed E-state index contributed by atoms with van der Waals surface area (Å²) < 4.78 is 12.7. The Kier molecular flexibility index (Phi) is 4.33. The molecule has 0 radical (unpaired) electrons. The average molecular weight is 265 g/mol. The largest absolute Gasteiger partial charge is 0.376 e. The number of piperazine rings is 1. The molecule has 0 spiro atoms. The fourth-order valence-corrected chi connectivity index (χ4v) is 1.93. The highest BCUT2D eigenvalue weighted by atomic mass is 19.1. The zero-order chi connectivity index (χ0) is 13.7. The molecule has 1 fully saturated rings. The number of halogens is 1. The Morgan fingerprint density at radius 3 is 2.42 bits per heavy atom. The lowest BCUT2D eigenvalue weighted by Gasteiger charge is -2.32. The summed E-state index contributed by atoms with van der Waals surface area (Å²) in [5.74, 6) is -0.322. The molecular formula is C13H16FN3O2. The predicted molar refractivity (Wildman–Crippen MR) is 69.1 cm³/mol. The molecule has 2 rings (SSSR count). The highest BCUT2D eigenvalue weighted by molar-refractivity contribution is 5.81. The second-order valence-corrected chi connectivity index (χ2v) is 4.38. The van der Waals surface area contributed by atoms with Crippen molar-refractivity contribution in [2.45, 2.75) is 0 Å². The number of carbonyl (C=O) groups is 2. The van der Waals surface area contributed by atoms with Crippen LogP contribution in [0, 0.1) is 5.82 Å². The van der Waals surface area contributed by atoms with Crippen LogP contribution in [0.3, 0.4) is 0 Å². The standard InChI is InChI=1S/C13H16FN3O2/c14-11-1-3-12(4-2-11)15-9-13(19)17-7-5-16(10-18)6-8-17/h1-4,10,15H,5-9H2. The first kappa shape index (κ1) is 13.3. The minimum Gasteiger partial charge on any atom is -0.376 e. The third kappa shape index (κ3) is 3.67. The Morgan fingerprint density at radius 2 is 1.84 bits per heavy atom. The molecular weight excluding hydrogens is 249 g/mol. The zero-order valence-corrected chi connectivity index (χ0v) is 10.5. The molecule has 0 unspecified atom stereocenters. The number of anilines is 1. The van der Waals surface area contributed by atoms with E-state index in [-0.39, 0.29) is 18.3 Å². The Morgan fingerprint density at radius 1 is 1.21 bits per heavy atom. The molecule has 1 heterocycles. The molecule has 0 aliphatic carbocycles. The van der Waals surface area contributed by atoms with Gasteiger partial charge in [-0.25, -0.2) is 4.39 Å². The van der Waals surface area contributed by atoms with Gasteiger partial charge in [-0.05, 0) is 24.3 Å². The number of nitrogens with zero attached hydrogens (tertiary/aromatic N) is 2. The molecule has 19 heavy (non-hydrogen) atoms. The van der Waals surface area contributed by atoms with Gasteiger partial charge in [0, 0.05) is 31.9 Å². The fraction of sp³-hybridized carbons (Fsp3) is 0.385. The maximum atomic E-state index is 12.7. The van der Waals surface area contributed by atoms with Crippen molar-refractivity contribution in [3.8, 4) is 0 Å². The first-order valence-corrected chi connectivity index (χ1v) is 6.15. The summed E-state index contributed by atoms with van der Waals surface area (Å²) in [5.41, 5.74) is 0.710. The molecule has 0 aromatic heterocycles. The van der Waals surface area contributed by atoms with Crippen LogP contribution in [0.15, 0.2) is 24.3 Å². The van der Waals surface area contributed by atoms with Gasteiger partial charge in [0.05, 0.1) is 6.54 Å². The Labute approximate surface area is 111 Å². The summed E-state index contributed by atoms with van der Waals surface area (Å²) in [6.45, 7) is 2.44. The summed E-state index contributed by atoms with van der Waals surface area (Å²) in [6, 6.07) is 5.87. The number of rotatable bonds is 4. The van der Waals surface area contributed by atoms with Crippen molar-refractivity contribution in [1.82, 2.24) is 9.80 Å². The molecule has 0 bridgehead atoms. The number of carbonyl (C=O) groups excluding carboxylic acids is 2. The van der Waals surface area contributed by atoms with E-state index in [2.05, 4.69) is 5.32 Å². The Balaban J connectivity index is 1.78. The molecule has 1 saturated heterocycles. The molecule has 1 aromatic rings. The van der Waals surface area contributed by atoms with Gasteiger partial charge >= 0.3 is 0 Å². The van der Waals surface area contributed by atoms with Gasteiger partial charge in [-0.1, -0.05) is 0 Å². The van der Waals surface area contributed by atoms with E-state index < -0.39 is 0 Å². The lowest BCUT2D eigenvalue weighted by Crippen LogP contribution is -2.49. The minimum absolute atomic E-state index is 0.0186. The van der Waals surface area contributed by atoms with Crippen LogP contribution in [-0.4, -0.2) is 54.8 Å².